The Bertz CT molecular complexity index is 372. The van der Waals surface area contributed by atoms with Gasteiger partial charge in [0.05, 0.1) is 11.1 Å². The van der Waals surface area contributed by atoms with Crippen molar-refractivity contribution in [3.05, 3.63) is 16.1 Å². The maximum absolute atomic E-state index is 9.33. The fourth-order valence-corrected chi connectivity index (χ4v) is 3.93. The van der Waals surface area contributed by atoms with Crippen molar-refractivity contribution in [2.45, 2.75) is 64.5 Å². The lowest BCUT2D eigenvalue weighted by Gasteiger charge is -2.13. The predicted molar refractivity (Wildman–Crippen MR) is 80.5 cm³/mol. The second kappa shape index (κ2) is 7.36. The number of aromatic nitrogens is 1. The number of rotatable bonds is 7. The van der Waals surface area contributed by atoms with Gasteiger partial charge in [-0.3, -0.25) is 0 Å². The Morgan fingerprint density at radius 2 is 2.16 bits per heavy atom. The number of hydrogen-bond donors (Lipinski definition) is 2. The van der Waals surface area contributed by atoms with Crippen LogP contribution in [0.3, 0.4) is 0 Å². The van der Waals surface area contributed by atoms with Crippen LogP contribution in [0.2, 0.25) is 0 Å². The first-order valence-corrected chi connectivity index (χ1v) is 8.30. The van der Waals surface area contributed by atoms with Gasteiger partial charge in [-0.15, -0.1) is 11.3 Å². The highest BCUT2D eigenvalue weighted by Gasteiger charge is 2.20. The molecule has 1 heterocycles. The molecule has 1 aromatic heterocycles. The van der Waals surface area contributed by atoms with Crippen molar-refractivity contribution in [1.29, 1.82) is 0 Å². The monoisotopic (exact) mass is 282 g/mol. The minimum atomic E-state index is -0.200. The average molecular weight is 282 g/mol. The van der Waals surface area contributed by atoms with E-state index in [1.165, 1.54) is 35.6 Å². The Hall–Kier alpha value is -0.450. The van der Waals surface area contributed by atoms with Crippen molar-refractivity contribution in [3.8, 4) is 0 Å². The second-order valence-corrected chi connectivity index (χ2v) is 7.11. The summed E-state index contributed by atoms with van der Waals surface area (Å²) in [6.07, 6.45) is 8.09. The normalized spacial score (nSPS) is 19.7. The first-order chi connectivity index (χ1) is 9.15. The summed E-state index contributed by atoms with van der Waals surface area (Å²) in [4.78, 5) is 5.92. The van der Waals surface area contributed by atoms with Crippen molar-refractivity contribution in [2.75, 3.05) is 6.54 Å². The molecule has 1 saturated carbocycles. The average Bonchev–Trinajstić information content (AvgIpc) is 2.97. The van der Waals surface area contributed by atoms with E-state index in [9.17, 15) is 5.11 Å². The topological polar surface area (TPSA) is 45.1 Å². The van der Waals surface area contributed by atoms with Gasteiger partial charge in [0.25, 0.3) is 0 Å². The van der Waals surface area contributed by atoms with Gasteiger partial charge < -0.3 is 10.4 Å². The van der Waals surface area contributed by atoms with Crippen LogP contribution < -0.4 is 5.32 Å². The lowest BCUT2D eigenvalue weighted by Crippen LogP contribution is -2.22. The van der Waals surface area contributed by atoms with E-state index in [-0.39, 0.29) is 6.10 Å². The molecule has 0 spiro atoms. The van der Waals surface area contributed by atoms with Crippen LogP contribution >= 0.6 is 11.3 Å². The SMILES string of the molecule is CC(O)CC(C)CNCc1cnc(C2CCCC2)s1. The zero-order valence-electron chi connectivity index (χ0n) is 12.1. The molecule has 2 N–H and O–H groups in total. The van der Waals surface area contributed by atoms with E-state index in [4.69, 9.17) is 0 Å². The highest BCUT2D eigenvalue weighted by molar-refractivity contribution is 7.11. The summed E-state index contributed by atoms with van der Waals surface area (Å²) in [6, 6.07) is 0. The van der Waals surface area contributed by atoms with Gasteiger partial charge in [0.2, 0.25) is 0 Å². The van der Waals surface area contributed by atoms with Crippen molar-refractivity contribution in [3.63, 3.8) is 0 Å². The third-order valence-corrected chi connectivity index (χ3v) is 4.97. The maximum atomic E-state index is 9.33. The van der Waals surface area contributed by atoms with Crippen molar-refractivity contribution in [2.24, 2.45) is 5.92 Å². The lowest BCUT2D eigenvalue weighted by atomic mass is 10.1. The molecule has 0 saturated heterocycles. The molecule has 1 aromatic rings. The van der Waals surface area contributed by atoms with Crippen LogP contribution in [0, 0.1) is 5.92 Å². The summed E-state index contributed by atoms with van der Waals surface area (Å²) >= 11 is 1.87. The van der Waals surface area contributed by atoms with Gasteiger partial charge >= 0.3 is 0 Å². The molecule has 2 unspecified atom stereocenters. The summed E-state index contributed by atoms with van der Waals surface area (Å²) in [5.41, 5.74) is 0. The molecule has 19 heavy (non-hydrogen) atoms. The van der Waals surface area contributed by atoms with Gasteiger partial charge in [0, 0.05) is 23.5 Å². The molecule has 1 aliphatic rings. The van der Waals surface area contributed by atoms with E-state index >= 15 is 0 Å². The predicted octanol–water partition coefficient (Wildman–Crippen LogP) is 3.30. The van der Waals surface area contributed by atoms with E-state index < -0.39 is 0 Å². The fourth-order valence-electron chi connectivity index (χ4n) is 2.87. The van der Waals surface area contributed by atoms with E-state index in [0.717, 1.165) is 25.4 Å². The Morgan fingerprint density at radius 3 is 2.84 bits per heavy atom. The zero-order chi connectivity index (χ0) is 13.7. The zero-order valence-corrected chi connectivity index (χ0v) is 12.9. The van der Waals surface area contributed by atoms with Gasteiger partial charge in [-0.1, -0.05) is 19.8 Å². The minimum absolute atomic E-state index is 0.200. The van der Waals surface area contributed by atoms with Crippen LogP contribution in [0.25, 0.3) is 0 Å². The quantitative estimate of drug-likeness (QED) is 0.806. The molecule has 4 heteroatoms. The lowest BCUT2D eigenvalue weighted by molar-refractivity contribution is 0.163. The molecule has 108 valence electrons. The van der Waals surface area contributed by atoms with Crippen LogP contribution in [0.15, 0.2) is 6.20 Å². The summed E-state index contributed by atoms with van der Waals surface area (Å²) in [7, 11) is 0. The fraction of sp³-hybridized carbons (Fsp3) is 0.800. The highest BCUT2D eigenvalue weighted by Crippen LogP contribution is 2.35. The van der Waals surface area contributed by atoms with Gasteiger partial charge in [-0.05, 0) is 38.6 Å². The highest BCUT2D eigenvalue weighted by atomic mass is 32.1. The molecular weight excluding hydrogens is 256 g/mol. The largest absolute Gasteiger partial charge is 0.393 e. The van der Waals surface area contributed by atoms with Crippen LogP contribution in [0.4, 0.5) is 0 Å². The molecule has 1 aliphatic carbocycles. The number of hydrogen-bond acceptors (Lipinski definition) is 4. The minimum Gasteiger partial charge on any atom is -0.393 e. The maximum Gasteiger partial charge on any atom is 0.0959 e. The van der Waals surface area contributed by atoms with Crippen molar-refractivity contribution < 1.29 is 5.11 Å². The Labute approximate surface area is 120 Å². The Balaban J connectivity index is 1.71. The number of thiazole rings is 1. The summed E-state index contributed by atoms with van der Waals surface area (Å²) < 4.78 is 0. The molecule has 3 nitrogen and oxygen atoms in total. The molecule has 0 amide bonds. The van der Waals surface area contributed by atoms with E-state index in [0.29, 0.717) is 5.92 Å². The standard InChI is InChI=1S/C15H26N2OS/c1-11(7-12(2)18)8-16-9-14-10-17-15(19-14)13-5-3-4-6-13/h10-13,16,18H,3-9H2,1-2H3. The van der Waals surface area contributed by atoms with Crippen LogP contribution in [0.1, 0.15) is 61.8 Å². The number of aliphatic hydroxyl groups is 1. The number of nitrogens with one attached hydrogen (secondary N) is 1. The van der Waals surface area contributed by atoms with E-state index in [1.807, 2.05) is 24.5 Å². The van der Waals surface area contributed by atoms with E-state index in [1.54, 1.807) is 0 Å². The summed E-state index contributed by atoms with van der Waals surface area (Å²) in [5.74, 6) is 1.25. The molecule has 1 fully saturated rings. The first-order valence-electron chi connectivity index (χ1n) is 7.48. The van der Waals surface area contributed by atoms with Crippen molar-refractivity contribution >= 4 is 11.3 Å². The number of aliphatic hydroxyl groups excluding tert-OH is 1. The van der Waals surface area contributed by atoms with Crippen molar-refractivity contribution in [1.82, 2.24) is 10.3 Å². The van der Waals surface area contributed by atoms with Gasteiger partial charge in [0.15, 0.2) is 0 Å². The molecule has 2 rings (SSSR count). The smallest absolute Gasteiger partial charge is 0.0959 e. The van der Waals surface area contributed by atoms with Crippen LogP contribution in [-0.2, 0) is 6.54 Å². The first kappa shape index (κ1) is 14.9. The molecular formula is C15H26N2OS. The molecule has 0 bridgehead atoms. The molecule has 0 radical (unpaired) electrons. The summed E-state index contributed by atoms with van der Waals surface area (Å²) in [6.45, 7) is 5.90. The molecule has 0 aromatic carbocycles. The summed E-state index contributed by atoms with van der Waals surface area (Å²) in [5, 5.41) is 14.1. The molecule has 2 atom stereocenters. The van der Waals surface area contributed by atoms with E-state index in [2.05, 4.69) is 17.2 Å². The Kier molecular flexibility index (Phi) is 5.79. The van der Waals surface area contributed by atoms with Crippen LogP contribution in [0.5, 0.6) is 0 Å². The second-order valence-electron chi connectivity index (χ2n) is 5.97. The molecule has 0 aliphatic heterocycles. The van der Waals surface area contributed by atoms with Crippen LogP contribution in [-0.4, -0.2) is 22.7 Å². The number of nitrogens with zero attached hydrogens (tertiary/aromatic N) is 1. The van der Waals surface area contributed by atoms with Gasteiger partial charge in [-0.2, -0.15) is 0 Å². The van der Waals surface area contributed by atoms with Gasteiger partial charge in [0.1, 0.15) is 0 Å². The van der Waals surface area contributed by atoms with Gasteiger partial charge in [-0.25, -0.2) is 4.98 Å². The Morgan fingerprint density at radius 1 is 1.42 bits per heavy atom. The third-order valence-electron chi connectivity index (χ3n) is 3.81. The third kappa shape index (κ3) is 4.86.